The molecule has 1 aliphatic rings. The van der Waals surface area contributed by atoms with Gasteiger partial charge in [-0.25, -0.2) is 4.98 Å². The monoisotopic (exact) mass is 281 g/mol. The van der Waals surface area contributed by atoms with Crippen molar-refractivity contribution < 1.29 is 4.79 Å². The number of nitrogens with one attached hydrogen (secondary N) is 2. The van der Waals surface area contributed by atoms with Crippen LogP contribution in [0.15, 0.2) is 12.3 Å². The highest BCUT2D eigenvalue weighted by molar-refractivity contribution is 6.33. The topological polar surface area (TPSA) is 54.0 Å². The number of pyridine rings is 1. The van der Waals surface area contributed by atoms with Crippen molar-refractivity contribution >= 4 is 23.3 Å². The van der Waals surface area contributed by atoms with Crippen molar-refractivity contribution in [2.24, 2.45) is 5.92 Å². The van der Waals surface area contributed by atoms with Gasteiger partial charge in [-0.15, -0.1) is 0 Å². The van der Waals surface area contributed by atoms with Gasteiger partial charge < -0.3 is 10.6 Å². The Kier molecular flexibility index (Phi) is 4.64. The van der Waals surface area contributed by atoms with E-state index in [0.717, 1.165) is 25.8 Å². The fourth-order valence-corrected chi connectivity index (χ4v) is 2.30. The van der Waals surface area contributed by atoms with Gasteiger partial charge in [0.1, 0.15) is 5.82 Å². The summed E-state index contributed by atoms with van der Waals surface area (Å²) in [5.74, 6) is 1.19. The van der Waals surface area contributed by atoms with E-state index in [9.17, 15) is 4.79 Å². The maximum Gasteiger partial charge on any atom is 0.253 e. The van der Waals surface area contributed by atoms with Gasteiger partial charge in [-0.05, 0) is 24.8 Å². The van der Waals surface area contributed by atoms with Crippen molar-refractivity contribution in [1.82, 2.24) is 10.3 Å². The van der Waals surface area contributed by atoms with E-state index in [-0.39, 0.29) is 5.91 Å². The molecule has 1 aromatic rings. The summed E-state index contributed by atoms with van der Waals surface area (Å²) in [5.41, 5.74) is 0.522. The van der Waals surface area contributed by atoms with Gasteiger partial charge in [-0.3, -0.25) is 4.79 Å². The lowest BCUT2D eigenvalue weighted by molar-refractivity contribution is 0.0948. The van der Waals surface area contributed by atoms with Crippen molar-refractivity contribution in [3.63, 3.8) is 0 Å². The average Bonchev–Trinajstić information content (AvgIpc) is 3.15. The van der Waals surface area contributed by atoms with Crippen LogP contribution in [-0.4, -0.2) is 23.5 Å². The van der Waals surface area contributed by atoms with Crippen LogP contribution in [0.25, 0.3) is 0 Å². The van der Waals surface area contributed by atoms with E-state index in [1.807, 2.05) is 0 Å². The van der Waals surface area contributed by atoms with Gasteiger partial charge in [0, 0.05) is 18.8 Å². The number of anilines is 1. The molecule has 19 heavy (non-hydrogen) atoms. The summed E-state index contributed by atoms with van der Waals surface area (Å²) in [6.07, 6.45) is 4.77. The van der Waals surface area contributed by atoms with Gasteiger partial charge in [0.05, 0.1) is 10.6 Å². The molecule has 0 radical (unpaired) electrons. The number of rotatable bonds is 6. The Morgan fingerprint density at radius 3 is 2.89 bits per heavy atom. The van der Waals surface area contributed by atoms with Gasteiger partial charge in [0.25, 0.3) is 5.91 Å². The molecule has 2 N–H and O–H groups in total. The Hall–Kier alpha value is -1.29. The molecule has 1 heterocycles. The second-order valence-corrected chi connectivity index (χ2v) is 5.37. The molecular weight excluding hydrogens is 262 g/mol. The van der Waals surface area contributed by atoms with Crippen molar-refractivity contribution in [2.75, 3.05) is 11.9 Å². The summed E-state index contributed by atoms with van der Waals surface area (Å²) in [4.78, 5) is 16.2. The van der Waals surface area contributed by atoms with Crippen LogP contribution in [0, 0.1) is 5.92 Å². The minimum atomic E-state index is -0.0857. The Morgan fingerprint density at radius 2 is 2.32 bits per heavy atom. The number of nitrogens with zero attached hydrogens (tertiary/aromatic N) is 1. The predicted molar refractivity (Wildman–Crippen MR) is 77.7 cm³/mol. The van der Waals surface area contributed by atoms with Gasteiger partial charge in [-0.2, -0.15) is 0 Å². The minimum Gasteiger partial charge on any atom is -0.369 e. The largest absolute Gasteiger partial charge is 0.369 e. The van der Waals surface area contributed by atoms with Crippen LogP contribution in [0.1, 0.15) is 43.5 Å². The third kappa shape index (κ3) is 3.60. The van der Waals surface area contributed by atoms with Crippen LogP contribution in [-0.2, 0) is 0 Å². The second kappa shape index (κ2) is 6.24. The molecule has 2 unspecified atom stereocenters. The fraction of sp³-hybridized carbons (Fsp3) is 0.571. The Balaban J connectivity index is 1.97. The predicted octanol–water partition coefficient (Wildman–Crippen LogP) is 3.09. The molecule has 2 atom stereocenters. The molecule has 1 aromatic heterocycles. The second-order valence-electron chi connectivity index (χ2n) is 4.97. The van der Waals surface area contributed by atoms with E-state index >= 15 is 0 Å². The molecule has 104 valence electrons. The summed E-state index contributed by atoms with van der Waals surface area (Å²) in [6.45, 7) is 5.03. The molecule has 1 amide bonds. The van der Waals surface area contributed by atoms with Gasteiger partial charge in [0.2, 0.25) is 0 Å². The molecule has 0 aromatic carbocycles. The molecule has 0 bridgehead atoms. The first-order valence-electron chi connectivity index (χ1n) is 6.86. The third-order valence-corrected chi connectivity index (χ3v) is 3.70. The molecular formula is C14H20ClN3O. The van der Waals surface area contributed by atoms with E-state index in [4.69, 9.17) is 11.6 Å². The normalized spacial score (nSPS) is 21.0. The van der Waals surface area contributed by atoms with Crippen molar-refractivity contribution in [2.45, 2.75) is 39.2 Å². The maximum atomic E-state index is 12.0. The zero-order valence-electron chi connectivity index (χ0n) is 11.4. The van der Waals surface area contributed by atoms with Crippen LogP contribution in [0.5, 0.6) is 0 Å². The number of halogens is 1. The van der Waals surface area contributed by atoms with E-state index in [1.165, 1.54) is 0 Å². The van der Waals surface area contributed by atoms with E-state index in [2.05, 4.69) is 29.5 Å². The highest BCUT2D eigenvalue weighted by atomic mass is 35.5. The fourth-order valence-electron chi connectivity index (χ4n) is 2.06. The first-order valence-corrected chi connectivity index (χ1v) is 7.23. The first-order chi connectivity index (χ1) is 9.15. The number of aromatic nitrogens is 1. The summed E-state index contributed by atoms with van der Waals surface area (Å²) in [7, 11) is 0. The highest BCUT2D eigenvalue weighted by Crippen LogP contribution is 2.33. The van der Waals surface area contributed by atoms with E-state index < -0.39 is 0 Å². The SMILES string of the molecule is CCCNc1ncc(C(=O)NC2CC2CC)cc1Cl. The van der Waals surface area contributed by atoms with Gasteiger partial charge in [0.15, 0.2) is 0 Å². The van der Waals surface area contributed by atoms with Crippen molar-refractivity contribution in [3.8, 4) is 0 Å². The molecule has 4 nitrogen and oxygen atoms in total. The quantitative estimate of drug-likeness (QED) is 0.842. The lowest BCUT2D eigenvalue weighted by atomic mass is 10.2. The van der Waals surface area contributed by atoms with Crippen LogP contribution in [0.4, 0.5) is 5.82 Å². The van der Waals surface area contributed by atoms with Crippen molar-refractivity contribution in [3.05, 3.63) is 22.8 Å². The number of hydrogen-bond donors (Lipinski definition) is 2. The first kappa shape index (κ1) is 14.1. The summed E-state index contributed by atoms with van der Waals surface area (Å²) >= 11 is 6.11. The van der Waals surface area contributed by atoms with Crippen LogP contribution >= 0.6 is 11.6 Å². The average molecular weight is 282 g/mol. The minimum absolute atomic E-state index is 0.0857. The molecule has 1 fully saturated rings. The Labute approximate surface area is 118 Å². The zero-order chi connectivity index (χ0) is 13.8. The van der Waals surface area contributed by atoms with E-state index in [0.29, 0.717) is 28.4 Å². The Morgan fingerprint density at radius 1 is 1.53 bits per heavy atom. The number of carbonyl (C=O) groups excluding carboxylic acids is 1. The standard InChI is InChI=1S/C14H20ClN3O/c1-3-5-16-13-11(15)6-10(8-17-13)14(19)18-12-7-9(12)4-2/h6,8-9,12H,3-5,7H2,1-2H3,(H,16,17)(H,18,19). The highest BCUT2D eigenvalue weighted by Gasteiger charge is 2.36. The Bertz CT molecular complexity index is 464. The molecule has 0 spiro atoms. The van der Waals surface area contributed by atoms with Crippen molar-refractivity contribution in [1.29, 1.82) is 0 Å². The summed E-state index contributed by atoms with van der Waals surface area (Å²) in [5, 5.41) is 6.62. The molecule has 1 aliphatic carbocycles. The molecule has 5 heteroatoms. The number of carbonyl (C=O) groups is 1. The molecule has 0 aliphatic heterocycles. The van der Waals surface area contributed by atoms with Gasteiger partial charge in [-0.1, -0.05) is 31.9 Å². The molecule has 2 rings (SSSR count). The number of hydrogen-bond acceptors (Lipinski definition) is 3. The molecule has 0 saturated heterocycles. The lowest BCUT2D eigenvalue weighted by Gasteiger charge is -2.08. The molecule has 1 saturated carbocycles. The maximum absolute atomic E-state index is 12.0. The van der Waals surface area contributed by atoms with Crippen LogP contribution < -0.4 is 10.6 Å². The van der Waals surface area contributed by atoms with Crippen LogP contribution in [0.2, 0.25) is 5.02 Å². The lowest BCUT2D eigenvalue weighted by Crippen LogP contribution is -2.27. The summed E-state index contributed by atoms with van der Waals surface area (Å²) in [6, 6.07) is 2.00. The summed E-state index contributed by atoms with van der Waals surface area (Å²) < 4.78 is 0. The van der Waals surface area contributed by atoms with Crippen LogP contribution in [0.3, 0.4) is 0 Å². The van der Waals surface area contributed by atoms with Gasteiger partial charge >= 0.3 is 0 Å². The zero-order valence-corrected chi connectivity index (χ0v) is 12.1. The smallest absolute Gasteiger partial charge is 0.253 e. The number of amides is 1. The third-order valence-electron chi connectivity index (χ3n) is 3.41. The van der Waals surface area contributed by atoms with E-state index in [1.54, 1.807) is 12.3 Å².